The average molecular weight is 425 g/mol. The van der Waals surface area contributed by atoms with Crippen molar-refractivity contribution in [1.29, 1.82) is 0 Å². The normalized spacial score (nSPS) is 15.2. The molecule has 1 amide bonds. The van der Waals surface area contributed by atoms with Gasteiger partial charge in [0.05, 0.1) is 31.8 Å². The molecule has 2 aromatic rings. The summed E-state index contributed by atoms with van der Waals surface area (Å²) in [6.07, 6.45) is 0.0954. The van der Waals surface area contributed by atoms with Gasteiger partial charge in [-0.05, 0) is 24.3 Å². The number of anilines is 1. The van der Waals surface area contributed by atoms with Crippen molar-refractivity contribution in [2.45, 2.75) is 11.3 Å². The Bertz CT molecular complexity index is 959. The van der Waals surface area contributed by atoms with Gasteiger partial charge in [0.15, 0.2) is 0 Å². The van der Waals surface area contributed by atoms with Crippen LogP contribution in [0.1, 0.15) is 5.56 Å². The van der Waals surface area contributed by atoms with Crippen LogP contribution in [0, 0.1) is 0 Å². The minimum Gasteiger partial charge on any atom is -0.496 e. The van der Waals surface area contributed by atoms with E-state index in [1.807, 2.05) is 12.1 Å². The highest BCUT2D eigenvalue weighted by atomic mass is 35.5. The minimum atomic E-state index is -3.77. The fourth-order valence-electron chi connectivity index (χ4n) is 2.93. The van der Waals surface area contributed by atoms with Gasteiger partial charge in [-0.3, -0.25) is 4.79 Å². The van der Waals surface area contributed by atoms with Crippen LogP contribution >= 0.6 is 11.6 Å². The third-order valence-corrected chi connectivity index (χ3v) is 6.73. The van der Waals surface area contributed by atoms with E-state index in [1.54, 1.807) is 25.3 Å². The molecule has 0 bridgehead atoms. The Morgan fingerprint density at radius 1 is 1.21 bits per heavy atom. The molecule has 0 unspecified atom stereocenters. The predicted octanol–water partition coefficient (Wildman–Crippen LogP) is 2.55. The Kier molecular flexibility index (Phi) is 6.56. The average Bonchev–Trinajstić information content (AvgIpc) is 2.70. The molecule has 1 aliphatic rings. The van der Waals surface area contributed by atoms with Crippen LogP contribution in [0.5, 0.6) is 5.75 Å². The first-order chi connectivity index (χ1) is 13.4. The maximum Gasteiger partial charge on any atom is 0.244 e. The van der Waals surface area contributed by atoms with Crippen molar-refractivity contribution < 1.29 is 22.7 Å². The summed E-state index contributed by atoms with van der Waals surface area (Å²) >= 11 is 6.14. The van der Waals surface area contributed by atoms with Crippen LogP contribution in [0.4, 0.5) is 5.69 Å². The number of rotatable bonds is 6. The number of morpholine rings is 1. The van der Waals surface area contributed by atoms with E-state index >= 15 is 0 Å². The van der Waals surface area contributed by atoms with Gasteiger partial charge in [-0.2, -0.15) is 4.31 Å². The first-order valence-corrected chi connectivity index (χ1v) is 10.5. The zero-order valence-corrected chi connectivity index (χ0v) is 16.9. The Balaban J connectivity index is 1.78. The number of carbonyl (C=O) groups excluding carboxylic acids is 1. The van der Waals surface area contributed by atoms with Crippen molar-refractivity contribution >= 4 is 33.2 Å². The number of hydrogen-bond donors (Lipinski definition) is 1. The molecule has 0 aromatic heterocycles. The molecule has 0 spiro atoms. The van der Waals surface area contributed by atoms with Gasteiger partial charge in [0.1, 0.15) is 10.6 Å². The van der Waals surface area contributed by atoms with E-state index in [1.165, 1.54) is 16.4 Å². The Labute approximate surface area is 169 Å². The second-order valence-corrected chi connectivity index (χ2v) is 8.51. The number of amides is 1. The zero-order chi connectivity index (χ0) is 20.1. The van der Waals surface area contributed by atoms with E-state index in [-0.39, 0.29) is 35.3 Å². The van der Waals surface area contributed by atoms with Crippen molar-refractivity contribution in [3.63, 3.8) is 0 Å². The maximum atomic E-state index is 12.9. The molecule has 1 heterocycles. The standard InChI is InChI=1S/C19H21ClN2O5S/c1-26-17-5-3-2-4-14(17)12-19(23)21-15-6-7-16(20)18(13-15)28(24,25)22-8-10-27-11-9-22/h2-7,13H,8-12H2,1H3,(H,21,23). The van der Waals surface area contributed by atoms with Crippen molar-refractivity contribution in [2.75, 3.05) is 38.7 Å². The van der Waals surface area contributed by atoms with Crippen LogP contribution in [0.25, 0.3) is 0 Å². The van der Waals surface area contributed by atoms with E-state index in [0.717, 1.165) is 5.56 Å². The summed E-state index contributed by atoms with van der Waals surface area (Å²) in [4.78, 5) is 12.4. The summed E-state index contributed by atoms with van der Waals surface area (Å²) in [6.45, 7) is 1.21. The lowest BCUT2D eigenvalue weighted by molar-refractivity contribution is -0.115. The molecular weight excluding hydrogens is 404 g/mol. The van der Waals surface area contributed by atoms with Crippen LogP contribution < -0.4 is 10.1 Å². The van der Waals surface area contributed by atoms with Gasteiger partial charge in [0.2, 0.25) is 15.9 Å². The molecule has 1 aliphatic heterocycles. The molecule has 0 atom stereocenters. The third kappa shape index (κ3) is 4.64. The highest BCUT2D eigenvalue weighted by Gasteiger charge is 2.28. The van der Waals surface area contributed by atoms with Gasteiger partial charge in [0.25, 0.3) is 0 Å². The van der Waals surface area contributed by atoms with E-state index in [2.05, 4.69) is 5.32 Å². The maximum absolute atomic E-state index is 12.9. The summed E-state index contributed by atoms with van der Waals surface area (Å²) in [5.74, 6) is 0.325. The van der Waals surface area contributed by atoms with Gasteiger partial charge in [-0.15, -0.1) is 0 Å². The van der Waals surface area contributed by atoms with E-state index in [0.29, 0.717) is 24.7 Å². The predicted molar refractivity (Wildman–Crippen MR) is 106 cm³/mol. The zero-order valence-electron chi connectivity index (χ0n) is 15.4. The van der Waals surface area contributed by atoms with E-state index < -0.39 is 10.0 Å². The van der Waals surface area contributed by atoms with E-state index in [9.17, 15) is 13.2 Å². The molecule has 7 nitrogen and oxygen atoms in total. The van der Waals surface area contributed by atoms with Crippen LogP contribution in [0.15, 0.2) is 47.4 Å². The van der Waals surface area contributed by atoms with Crippen LogP contribution in [0.3, 0.4) is 0 Å². The number of nitrogens with zero attached hydrogens (tertiary/aromatic N) is 1. The molecule has 0 aliphatic carbocycles. The van der Waals surface area contributed by atoms with Gasteiger partial charge >= 0.3 is 0 Å². The molecule has 150 valence electrons. The number of sulfonamides is 1. The highest BCUT2D eigenvalue weighted by Crippen LogP contribution is 2.28. The van der Waals surface area contributed by atoms with Gasteiger partial charge in [-0.1, -0.05) is 29.8 Å². The van der Waals surface area contributed by atoms with Crippen LogP contribution in [-0.2, 0) is 26.0 Å². The molecule has 9 heteroatoms. The molecule has 1 fully saturated rings. The second kappa shape index (κ2) is 8.91. The molecule has 1 saturated heterocycles. The molecule has 2 aromatic carbocycles. The van der Waals surface area contributed by atoms with Gasteiger partial charge in [0, 0.05) is 24.3 Å². The molecule has 0 radical (unpaired) electrons. The number of ether oxygens (including phenoxy) is 2. The molecule has 3 rings (SSSR count). The highest BCUT2D eigenvalue weighted by molar-refractivity contribution is 7.89. The fraction of sp³-hybridized carbons (Fsp3) is 0.316. The smallest absolute Gasteiger partial charge is 0.244 e. The number of halogens is 1. The fourth-order valence-corrected chi connectivity index (χ4v) is 4.84. The molecule has 0 saturated carbocycles. The summed E-state index contributed by atoms with van der Waals surface area (Å²) < 4.78 is 37.5. The number of methoxy groups -OCH3 is 1. The quantitative estimate of drug-likeness (QED) is 0.770. The SMILES string of the molecule is COc1ccccc1CC(=O)Nc1ccc(Cl)c(S(=O)(=O)N2CCOCC2)c1. The summed E-state index contributed by atoms with van der Waals surface area (Å²) in [5, 5.41) is 2.83. The summed E-state index contributed by atoms with van der Waals surface area (Å²) in [7, 11) is -2.23. The van der Waals surface area contributed by atoms with Crippen LogP contribution in [0.2, 0.25) is 5.02 Å². The third-order valence-electron chi connectivity index (χ3n) is 4.35. The van der Waals surface area contributed by atoms with Gasteiger partial charge < -0.3 is 14.8 Å². The number of nitrogens with one attached hydrogen (secondary N) is 1. The van der Waals surface area contributed by atoms with Crippen molar-refractivity contribution in [1.82, 2.24) is 4.31 Å². The van der Waals surface area contributed by atoms with Crippen molar-refractivity contribution in [3.05, 3.63) is 53.1 Å². The Hall–Kier alpha value is -2.13. The lowest BCUT2D eigenvalue weighted by Crippen LogP contribution is -2.40. The van der Waals surface area contributed by atoms with Gasteiger partial charge in [-0.25, -0.2) is 8.42 Å². The summed E-state index contributed by atoms with van der Waals surface area (Å²) in [5.41, 5.74) is 1.09. The van der Waals surface area contributed by atoms with E-state index in [4.69, 9.17) is 21.1 Å². The number of carbonyl (C=O) groups is 1. The first kappa shape index (κ1) is 20.6. The topological polar surface area (TPSA) is 84.9 Å². The lowest BCUT2D eigenvalue weighted by atomic mass is 10.1. The largest absolute Gasteiger partial charge is 0.496 e. The lowest BCUT2D eigenvalue weighted by Gasteiger charge is -2.26. The first-order valence-electron chi connectivity index (χ1n) is 8.71. The Morgan fingerprint density at radius 2 is 1.93 bits per heavy atom. The molecular formula is C19H21ClN2O5S. The molecule has 28 heavy (non-hydrogen) atoms. The van der Waals surface area contributed by atoms with Crippen LogP contribution in [-0.4, -0.2) is 52.0 Å². The Morgan fingerprint density at radius 3 is 2.64 bits per heavy atom. The van der Waals surface area contributed by atoms with Crippen molar-refractivity contribution in [2.24, 2.45) is 0 Å². The number of para-hydroxylation sites is 1. The molecule has 1 N–H and O–H groups in total. The number of hydrogen-bond acceptors (Lipinski definition) is 5. The summed E-state index contributed by atoms with van der Waals surface area (Å²) in [6, 6.07) is 11.6. The monoisotopic (exact) mass is 424 g/mol. The van der Waals surface area contributed by atoms with Crippen molar-refractivity contribution in [3.8, 4) is 5.75 Å². The minimum absolute atomic E-state index is 0.0360. The second-order valence-electron chi connectivity index (χ2n) is 6.20. The number of benzene rings is 2.